The van der Waals surface area contributed by atoms with E-state index in [2.05, 4.69) is 13.5 Å². The van der Waals surface area contributed by atoms with E-state index < -0.39 is 0 Å². The zero-order valence-electron chi connectivity index (χ0n) is 7.32. The first-order chi connectivity index (χ1) is 4.63. The third kappa shape index (κ3) is 2.26. The Hall–Kier alpha value is -0.720. The standard InChI is InChI=1S/C9H16O/c1-6-8(4)9(10-5)7(2)3/h4,6H2,1-3,5H3. The van der Waals surface area contributed by atoms with Gasteiger partial charge in [0.25, 0.3) is 0 Å². The molecule has 0 radical (unpaired) electrons. The van der Waals surface area contributed by atoms with E-state index in [1.165, 1.54) is 5.57 Å². The van der Waals surface area contributed by atoms with Crippen molar-refractivity contribution >= 4 is 0 Å². The van der Waals surface area contributed by atoms with E-state index in [4.69, 9.17) is 4.74 Å². The molecule has 0 spiro atoms. The molecular formula is C9H16O. The molecule has 0 aromatic carbocycles. The normalized spacial score (nSPS) is 8.80. The molecule has 0 saturated carbocycles. The summed E-state index contributed by atoms with van der Waals surface area (Å²) >= 11 is 0. The van der Waals surface area contributed by atoms with Crippen LogP contribution in [0.5, 0.6) is 0 Å². The molecule has 0 aliphatic heterocycles. The molecule has 0 aromatic heterocycles. The second-order valence-corrected chi connectivity index (χ2v) is 2.49. The molecule has 10 heavy (non-hydrogen) atoms. The van der Waals surface area contributed by atoms with Gasteiger partial charge in [0.1, 0.15) is 5.76 Å². The van der Waals surface area contributed by atoms with Gasteiger partial charge < -0.3 is 4.74 Å². The molecule has 0 unspecified atom stereocenters. The van der Waals surface area contributed by atoms with Crippen molar-refractivity contribution in [2.45, 2.75) is 27.2 Å². The van der Waals surface area contributed by atoms with Gasteiger partial charge in [0, 0.05) is 0 Å². The number of hydrogen-bond acceptors (Lipinski definition) is 1. The summed E-state index contributed by atoms with van der Waals surface area (Å²) in [5, 5.41) is 0. The summed E-state index contributed by atoms with van der Waals surface area (Å²) in [5.74, 6) is 0.947. The van der Waals surface area contributed by atoms with Crippen molar-refractivity contribution in [3.8, 4) is 0 Å². The van der Waals surface area contributed by atoms with E-state index in [0.717, 1.165) is 17.8 Å². The third-order valence-electron chi connectivity index (χ3n) is 1.41. The summed E-state index contributed by atoms with van der Waals surface area (Å²) in [6.45, 7) is 10.0. The van der Waals surface area contributed by atoms with Gasteiger partial charge in [0.2, 0.25) is 0 Å². The van der Waals surface area contributed by atoms with Crippen molar-refractivity contribution in [2.75, 3.05) is 7.11 Å². The Labute approximate surface area is 63.4 Å². The van der Waals surface area contributed by atoms with Crippen molar-refractivity contribution in [1.82, 2.24) is 0 Å². The van der Waals surface area contributed by atoms with Crippen molar-refractivity contribution in [2.24, 2.45) is 0 Å². The van der Waals surface area contributed by atoms with Gasteiger partial charge in [-0.1, -0.05) is 13.5 Å². The van der Waals surface area contributed by atoms with Crippen LogP contribution in [-0.2, 0) is 4.74 Å². The number of allylic oxidation sites excluding steroid dienone is 2. The van der Waals surface area contributed by atoms with E-state index in [1.54, 1.807) is 7.11 Å². The molecule has 1 nitrogen and oxygen atoms in total. The number of methoxy groups -OCH3 is 1. The first-order valence-corrected chi connectivity index (χ1v) is 3.53. The summed E-state index contributed by atoms with van der Waals surface area (Å²) in [6, 6.07) is 0. The van der Waals surface area contributed by atoms with E-state index in [-0.39, 0.29) is 0 Å². The van der Waals surface area contributed by atoms with Gasteiger partial charge in [0.15, 0.2) is 0 Å². The minimum Gasteiger partial charge on any atom is -0.497 e. The Kier molecular flexibility index (Phi) is 3.85. The summed E-state index contributed by atoms with van der Waals surface area (Å²) in [5.41, 5.74) is 2.26. The topological polar surface area (TPSA) is 9.23 Å². The van der Waals surface area contributed by atoms with E-state index >= 15 is 0 Å². The van der Waals surface area contributed by atoms with E-state index in [0.29, 0.717) is 0 Å². The van der Waals surface area contributed by atoms with Crippen LogP contribution in [0.2, 0.25) is 0 Å². The van der Waals surface area contributed by atoms with Crippen LogP contribution in [0.25, 0.3) is 0 Å². The Balaban J connectivity index is 4.37. The zero-order valence-corrected chi connectivity index (χ0v) is 7.32. The number of ether oxygens (including phenoxy) is 1. The Bertz CT molecular complexity index is 150. The lowest BCUT2D eigenvalue weighted by Crippen LogP contribution is -1.92. The van der Waals surface area contributed by atoms with Crippen LogP contribution in [0.1, 0.15) is 27.2 Å². The van der Waals surface area contributed by atoms with Crippen LogP contribution in [0.4, 0.5) is 0 Å². The highest BCUT2D eigenvalue weighted by Crippen LogP contribution is 2.15. The predicted octanol–water partition coefficient (Wildman–Crippen LogP) is 2.89. The van der Waals surface area contributed by atoms with Gasteiger partial charge in [-0.15, -0.1) is 0 Å². The average Bonchev–Trinajstić information content (AvgIpc) is 1.88. The lowest BCUT2D eigenvalue weighted by atomic mass is 10.1. The van der Waals surface area contributed by atoms with Crippen molar-refractivity contribution < 1.29 is 4.74 Å². The molecule has 0 amide bonds. The number of hydrogen-bond donors (Lipinski definition) is 0. The molecule has 0 aliphatic carbocycles. The summed E-state index contributed by atoms with van der Waals surface area (Å²) in [6.07, 6.45) is 0.953. The predicted molar refractivity (Wildman–Crippen MR) is 44.8 cm³/mol. The fourth-order valence-corrected chi connectivity index (χ4v) is 0.863. The molecule has 0 aliphatic rings. The van der Waals surface area contributed by atoms with Gasteiger partial charge in [0.05, 0.1) is 7.11 Å². The van der Waals surface area contributed by atoms with Crippen molar-refractivity contribution in [1.29, 1.82) is 0 Å². The maximum atomic E-state index is 5.14. The minimum absolute atomic E-state index is 0.947. The molecule has 0 aromatic rings. The maximum Gasteiger partial charge on any atom is 0.120 e. The largest absolute Gasteiger partial charge is 0.497 e. The average molecular weight is 140 g/mol. The summed E-state index contributed by atoms with van der Waals surface area (Å²) < 4.78 is 5.14. The SMILES string of the molecule is C=C(CC)C(OC)=C(C)C. The van der Waals surface area contributed by atoms with Crippen LogP contribution in [0, 0.1) is 0 Å². The fourth-order valence-electron chi connectivity index (χ4n) is 0.863. The minimum atomic E-state index is 0.947. The molecule has 0 fully saturated rings. The molecule has 0 N–H and O–H groups in total. The highest BCUT2D eigenvalue weighted by Gasteiger charge is 2.00. The summed E-state index contributed by atoms with van der Waals surface area (Å²) in [4.78, 5) is 0. The zero-order chi connectivity index (χ0) is 8.15. The molecule has 0 rings (SSSR count). The lowest BCUT2D eigenvalue weighted by molar-refractivity contribution is 0.294. The quantitative estimate of drug-likeness (QED) is 0.432. The van der Waals surface area contributed by atoms with Crippen LogP contribution < -0.4 is 0 Å². The smallest absolute Gasteiger partial charge is 0.120 e. The van der Waals surface area contributed by atoms with E-state index in [1.807, 2.05) is 13.8 Å². The van der Waals surface area contributed by atoms with Crippen LogP contribution in [0.3, 0.4) is 0 Å². The monoisotopic (exact) mass is 140 g/mol. The first kappa shape index (κ1) is 9.28. The van der Waals surface area contributed by atoms with Gasteiger partial charge in [-0.25, -0.2) is 0 Å². The maximum absolute atomic E-state index is 5.14. The first-order valence-electron chi connectivity index (χ1n) is 3.53. The molecule has 58 valence electrons. The van der Waals surface area contributed by atoms with Gasteiger partial charge in [-0.3, -0.25) is 0 Å². The van der Waals surface area contributed by atoms with E-state index in [9.17, 15) is 0 Å². The Morgan fingerprint density at radius 3 is 2.00 bits per heavy atom. The molecular weight excluding hydrogens is 124 g/mol. The molecule has 1 heteroatoms. The van der Waals surface area contributed by atoms with Crippen molar-refractivity contribution in [3.63, 3.8) is 0 Å². The highest BCUT2D eigenvalue weighted by molar-refractivity contribution is 5.25. The van der Waals surface area contributed by atoms with Crippen LogP contribution in [0.15, 0.2) is 23.5 Å². The summed E-state index contributed by atoms with van der Waals surface area (Å²) in [7, 11) is 1.68. The van der Waals surface area contributed by atoms with Crippen LogP contribution >= 0.6 is 0 Å². The fraction of sp³-hybridized carbons (Fsp3) is 0.556. The Morgan fingerprint density at radius 2 is 1.90 bits per heavy atom. The third-order valence-corrected chi connectivity index (χ3v) is 1.41. The molecule has 0 bridgehead atoms. The van der Waals surface area contributed by atoms with Gasteiger partial charge in [-0.05, 0) is 31.4 Å². The Morgan fingerprint density at radius 1 is 1.40 bits per heavy atom. The number of rotatable bonds is 3. The highest BCUT2D eigenvalue weighted by atomic mass is 16.5. The van der Waals surface area contributed by atoms with Crippen LogP contribution in [-0.4, -0.2) is 7.11 Å². The molecule has 0 saturated heterocycles. The second kappa shape index (κ2) is 4.15. The molecule has 0 atom stereocenters. The lowest BCUT2D eigenvalue weighted by Gasteiger charge is -2.08. The molecule has 0 heterocycles. The van der Waals surface area contributed by atoms with Gasteiger partial charge in [-0.2, -0.15) is 0 Å². The second-order valence-electron chi connectivity index (χ2n) is 2.49. The van der Waals surface area contributed by atoms with Gasteiger partial charge >= 0.3 is 0 Å². The van der Waals surface area contributed by atoms with Crippen molar-refractivity contribution in [3.05, 3.63) is 23.5 Å².